The van der Waals surface area contributed by atoms with Gasteiger partial charge in [0.15, 0.2) is 0 Å². The maximum absolute atomic E-state index is 14.2. The molecular formula is C32H30ClN5O. The van der Waals surface area contributed by atoms with Crippen LogP contribution in [0.1, 0.15) is 46.6 Å². The monoisotopic (exact) mass is 535 g/mol. The van der Waals surface area contributed by atoms with Crippen LogP contribution in [0, 0.1) is 13.8 Å². The van der Waals surface area contributed by atoms with E-state index in [1.165, 1.54) is 5.56 Å². The Morgan fingerprint density at radius 1 is 0.974 bits per heavy atom. The SMILES string of the molecule is CCc1nn(-c2ccccc2)c2c1CN(C(=O)Nc1cccc(Cl)c1C)[C@H](c1ccc(C)cc1)c1cccn1-2. The molecule has 1 N–H and O–H groups in total. The lowest BCUT2D eigenvalue weighted by molar-refractivity contribution is 0.194. The fraction of sp³-hybridized carbons (Fsp3) is 0.188. The third-order valence-corrected chi connectivity index (χ3v) is 7.88. The first-order chi connectivity index (χ1) is 19.0. The maximum atomic E-state index is 14.2. The molecule has 3 heterocycles. The summed E-state index contributed by atoms with van der Waals surface area (Å²) in [7, 11) is 0. The Morgan fingerprint density at radius 3 is 2.49 bits per heavy atom. The van der Waals surface area contributed by atoms with E-state index in [0.717, 1.165) is 46.0 Å². The average Bonchev–Trinajstić information content (AvgIpc) is 3.53. The normalized spacial score (nSPS) is 14.5. The van der Waals surface area contributed by atoms with Crippen molar-refractivity contribution in [1.82, 2.24) is 19.2 Å². The number of urea groups is 1. The Hall–Kier alpha value is -4.29. The number of aromatic nitrogens is 3. The van der Waals surface area contributed by atoms with Crippen molar-refractivity contribution < 1.29 is 4.79 Å². The summed E-state index contributed by atoms with van der Waals surface area (Å²) in [6.45, 7) is 6.50. The summed E-state index contributed by atoms with van der Waals surface area (Å²) >= 11 is 6.39. The Balaban J connectivity index is 1.55. The number of carbonyl (C=O) groups is 1. The van der Waals surface area contributed by atoms with Crippen LogP contribution in [-0.4, -0.2) is 25.3 Å². The number of nitrogens with one attached hydrogen (secondary N) is 1. The zero-order valence-electron chi connectivity index (χ0n) is 22.2. The van der Waals surface area contributed by atoms with Gasteiger partial charge in [0.2, 0.25) is 0 Å². The lowest BCUT2D eigenvalue weighted by atomic mass is 10.0. The van der Waals surface area contributed by atoms with Crippen molar-refractivity contribution >= 4 is 23.3 Å². The van der Waals surface area contributed by atoms with Gasteiger partial charge in [0, 0.05) is 22.5 Å². The molecule has 2 aromatic heterocycles. The highest BCUT2D eigenvalue weighted by molar-refractivity contribution is 6.31. The zero-order valence-corrected chi connectivity index (χ0v) is 23.0. The average molecular weight is 536 g/mol. The Labute approximate surface area is 233 Å². The van der Waals surface area contributed by atoms with Gasteiger partial charge in [-0.2, -0.15) is 5.10 Å². The first-order valence-electron chi connectivity index (χ1n) is 13.2. The van der Waals surface area contributed by atoms with E-state index in [-0.39, 0.29) is 12.1 Å². The van der Waals surface area contributed by atoms with Gasteiger partial charge in [-0.3, -0.25) is 0 Å². The summed E-state index contributed by atoms with van der Waals surface area (Å²) in [5.74, 6) is 0.962. The summed E-state index contributed by atoms with van der Waals surface area (Å²) in [5, 5.41) is 8.81. The molecule has 196 valence electrons. The number of benzene rings is 3. The number of aryl methyl sites for hydroxylation is 2. The van der Waals surface area contributed by atoms with E-state index < -0.39 is 0 Å². The minimum atomic E-state index is -0.318. The van der Waals surface area contributed by atoms with Gasteiger partial charge >= 0.3 is 6.03 Å². The summed E-state index contributed by atoms with van der Waals surface area (Å²) in [6, 6.07) is 27.8. The minimum absolute atomic E-state index is 0.193. The smallest absolute Gasteiger partial charge is 0.307 e. The van der Waals surface area contributed by atoms with Crippen LogP contribution in [0.4, 0.5) is 10.5 Å². The number of para-hydroxylation sites is 1. The van der Waals surface area contributed by atoms with Gasteiger partial charge in [-0.05, 0) is 67.8 Å². The number of amides is 2. The summed E-state index contributed by atoms with van der Waals surface area (Å²) < 4.78 is 4.20. The van der Waals surface area contributed by atoms with E-state index in [0.29, 0.717) is 17.3 Å². The molecule has 1 aliphatic rings. The van der Waals surface area contributed by atoms with Crippen LogP contribution in [-0.2, 0) is 13.0 Å². The van der Waals surface area contributed by atoms with Crippen molar-refractivity contribution in [3.05, 3.63) is 130 Å². The molecule has 0 saturated carbocycles. The predicted molar refractivity (Wildman–Crippen MR) is 156 cm³/mol. The van der Waals surface area contributed by atoms with Crippen molar-refractivity contribution in [2.75, 3.05) is 5.32 Å². The maximum Gasteiger partial charge on any atom is 0.322 e. The summed E-state index contributed by atoms with van der Waals surface area (Å²) in [6.07, 6.45) is 2.81. The molecule has 1 aliphatic heterocycles. The molecule has 39 heavy (non-hydrogen) atoms. The topological polar surface area (TPSA) is 55.1 Å². The molecule has 0 saturated heterocycles. The molecule has 3 aromatic carbocycles. The van der Waals surface area contributed by atoms with Crippen LogP contribution < -0.4 is 5.32 Å². The van der Waals surface area contributed by atoms with E-state index >= 15 is 0 Å². The number of carbonyl (C=O) groups excluding carboxylic acids is 1. The molecule has 7 heteroatoms. The summed E-state index contributed by atoms with van der Waals surface area (Å²) in [5.41, 5.74) is 7.73. The van der Waals surface area contributed by atoms with Crippen molar-refractivity contribution in [1.29, 1.82) is 0 Å². The van der Waals surface area contributed by atoms with Crippen LogP contribution in [0.2, 0.25) is 5.02 Å². The summed E-state index contributed by atoms with van der Waals surface area (Å²) in [4.78, 5) is 16.1. The number of halogens is 1. The highest BCUT2D eigenvalue weighted by atomic mass is 35.5. The highest BCUT2D eigenvalue weighted by Gasteiger charge is 2.36. The highest BCUT2D eigenvalue weighted by Crippen LogP contribution is 2.39. The molecule has 0 radical (unpaired) electrons. The number of rotatable bonds is 4. The van der Waals surface area contributed by atoms with Crippen LogP contribution >= 0.6 is 11.6 Å². The third kappa shape index (κ3) is 4.41. The van der Waals surface area contributed by atoms with Gasteiger partial charge in [0.05, 0.1) is 29.7 Å². The lowest BCUT2D eigenvalue weighted by Crippen LogP contribution is -2.38. The van der Waals surface area contributed by atoms with Crippen molar-refractivity contribution in [2.24, 2.45) is 0 Å². The van der Waals surface area contributed by atoms with Crippen molar-refractivity contribution in [3.63, 3.8) is 0 Å². The Bertz CT molecular complexity index is 1650. The fourth-order valence-corrected chi connectivity index (χ4v) is 5.55. The van der Waals surface area contributed by atoms with Gasteiger partial charge in [0.25, 0.3) is 0 Å². The van der Waals surface area contributed by atoms with Crippen LogP contribution in [0.25, 0.3) is 11.5 Å². The predicted octanol–water partition coefficient (Wildman–Crippen LogP) is 7.63. The van der Waals surface area contributed by atoms with Gasteiger partial charge in [-0.1, -0.05) is 72.6 Å². The third-order valence-electron chi connectivity index (χ3n) is 7.47. The van der Waals surface area contributed by atoms with Gasteiger partial charge < -0.3 is 14.8 Å². The zero-order chi connectivity index (χ0) is 27.1. The standard InChI is InChI=1S/C32H30ClN5O/c1-4-27-25-20-37(32(39)34-28-13-8-12-26(33)22(28)3)30(23-17-15-21(2)16-18-23)29-14-9-19-36(29)31(25)38(35-27)24-10-6-5-7-11-24/h5-19,30H,4,20H2,1-3H3,(H,34,39)/t30-/m1/s1. The van der Waals surface area contributed by atoms with Crippen LogP contribution in [0.3, 0.4) is 0 Å². The Kier molecular flexibility index (Phi) is 6.49. The quantitative estimate of drug-likeness (QED) is 0.257. The van der Waals surface area contributed by atoms with E-state index in [9.17, 15) is 4.79 Å². The molecule has 1 atom stereocenters. The number of anilines is 1. The molecule has 6 nitrogen and oxygen atoms in total. The second kappa shape index (κ2) is 10.1. The molecule has 0 bridgehead atoms. The number of fused-ring (bicyclic) bond motifs is 3. The van der Waals surface area contributed by atoms with Crippen molar-refractivity contribution in [3.8, 4) is 11.5 Å². The molecule has 0 fully saturated rings. The first-order valence-corrected chi connectivity index (χ1v) is 13.6. The molecular weight excluding hydrogens is 506 g/mol. The second-order valence-electron chi connectivity index (χ2n) is 9.94. The lowest BCUT2D eigenvalue weighted by Gasteiger charge is -2.31. The van der Waals surface area contributed by atoms with E-state index in [1.807, 2.05) is 59.0 Å². The van der Waals surface area contributed by atoms with Gasteiger partial charge in [-0.25, -0.2) is 9.48 Å². The Morgan fingerprint density at radius 2 is 1.74 bits per heavy atom. The molecule has 2 amide bonds. The molecule has 0 aliphatic carbocycles. The molecule has 0 spiro atoms. The van der Waals surface area contributed by atoms with E-state index in [4.69, 9.17) is 16.7 Å². The van der Waals surface area contributed by atoms with E-state index in [2.05, 4.69) is 72.4 Å². The number of hydrogen-bond acceptors (Lipinski definition) is 2. The van der Waals surface area contributed by atoms with Gasteiger partial charge in [0.1, 0.15) is 5.82 Å². The van der Waals surface area contributed by atoms with Crippen molar-refractivity contribution in [2.45, 2.75) is 39.8 Å². The second-order valence-corrected chi connectivity index (χ2v) is 10.3. The van der Waals surface area contributed by atoms with E-state index in [1.54, 1.807) is 0 Å². The molecule has 0 unspecified atom stereocenters. The number of hydrogen-bond donors (Lipinski definition) is 1. The van der Waals surface area contributed by atoms with Crippen LogP contribution in [0.5, 0.6) is 0 Å². The number of nitrogens with zero attached hydrogens (tertiary/aromatic N) is 4. The molecule has 6 rings (SSSR count). The molecule has 5 aromatic rings. The van der Waals surface area contributed by atoms with Gasteiger partial charge in [-0.15, -0.1) is 0 Å². The first kappa shape index (κ1) is 25.0. The van der Waals surface area contributed by atoms with Crippen LogP contribution in [0.15, 0.2) is 91.1 Å². The minimum Gasteiger partial charge on any atom is -0.307 e. The largest absolute Gasteiger partial charge is 0.322 e. The fourth-order valence-electron chi connectivity index (χ4n) is 5.38.